The van der Waals surface area contributed by atoms with E-state index < -0.39 is 11.9 Å². The van der Waals surface area contributed by atoms with Crippen LogP contribution in [0.25, 0.3) is 10.8 Å². The molecule has 8 heteroatoms. The predicted octanol–water partition coefficient (Wildman–Crippen LogP) is 5.69. The minimum absolute atomic E-state index is 0.0715. The lowest BCUT2D eigenvalue weighted by Crippen LogP contribution is -2.25. The van der Waals surface area contributed by atoms with Crippen LogP contribution in [0, 0.1) is 0 Å². The van der Waals surface area contributed by atoms with E-state index in [2.05, 4.69) is 15.6 Å². The molecule has 3 aromatic carbocycles. The molecule has 176 valence electrons. The number of carboxylic acids is 1. The standard InChI is InChI=1S/C27H23N3O4S/c1-2-22(26(32)30-23-14-3-4-15-28-23)35-19-11-7-10-18(16-19)29-25(31)20-12-5-8-17-9-6-13-21(24(17)20)27(33)34/h3-16,22H,2H2,1H3,(H,29,31)(H,33,34)(H,28,30,32). The average Bonchev–Trinajstić information content (AvgIpc) is 2.87. The van der Waals surface area contributed by atoms with Crippen molar-refractivity contribution in [3.63, 3.8) is 0 Å². The highest BCUT2D eigenvalue weighted by atomic mass is 32.2. The van der Waals surface area contributed by atoms with Gasteiger partial charge in [-0.3, -0.25) is 9.59 Å². The van der Waals surface area contributed by atoms with Crippen LogP contribution in [0.3, 0.4) is 0 Å². The summed E-state index contributed by atoms with van der Waals surface area (Å²) < 4.78 is 0. The third-order valence-electron chi connectivity index (χ3n) is 5.33. The molecule has 7 nitrogen and oxygen atoms in total. The highest BCUT2D eigenvalue weighted by Gasteiger charge is 2.20. The molecule has 4 aromatic rings. The molecule has 0 aliphatic carbocycles. The van der Waals surface area contributed by atoms with Gasteiger partial charge in [-0.25, -0.2) is 9.78 Å². The smallest absolute Gasteiger partial charge is 0.336 e. The van der Waals surface area contributed by atoms with Gasteiger partial charge in [-0.1, -0.05) is 43.3 Å². The zero-order chi connectivity index (χ0) is 24.8. The van der Waals surface area contributed by atoms with E-state index in [1.54, 1.807) is 72.9 Å². The molecule has 1 unspecified atom stereocenters. The van der Waals surface area contributed by atoms with Crippen LogP contribution in [0.15, 0.2) is 90.0 Å². The second-order valence-electron chi connectivity index (χ2n) is 7.72. The number of benzene rings is 3. The number of hydrogen-bond acceptors (Lipinski definition) is 5. The maximum atomic E-state index is 13.1. The first-order chi connectivity index (χ1) is 17.0. The van der Waals surface area contributed by atoms with Crippen molar-refractivity contribution < 1.29 is 19.5 Å². The zero-order valence-electron chi connectivity index (χ0n) is 18.9. The number of rotatable bonds is 8. The third kappa shape index (κ3) is 5.67. The molecule has 0 spiro atoms. The number of fused-ring (bicyclic) bond motifs is 1. The van der Waals surface area contributed by atoms with E-state index in [9.17, 15) is 19.5 Å². The van der Waals surface area contributed by atoms with Crippen LogP contribution in [0.2, 0.25) is 0 Å². The van der Waals surface area contributed by atoms with Crippen molar-refractivity contribution in [2.24, 2.45) is 0 Å². The van der Waals surface area contributed by atoms with Crippen LogP contribution < -0.4 is 10.6 Å². The van der Waals surface area contributed by atoms with Gasteiger partial charge in [0.2, 0.25) is 5.91 Å². The molecule has 1 atom stereocenters. The molecule has 1 aromatic heterocycles. The predicted molar refractivity (Wildman–Crippen MR) is 138 cm³/mol. The normalized spacial score (nSPS) is 11.6. The first kappa shape index (κ1) is 24.0. The summed E-state index contributed by atoms with van der Waals surface area (Å²) in [7, 11) is 0. The Kier molecular flexibility index (Phi) is 7.42. The molecule has 0 aliphatic rings. The summed E-state index contributed by atoms with van der Waals surface area (Å²) in [6, 6.07) is 22.6. The third-order valence-corrected chi connectivity index (χ3v) is 6.69. The molecule has 3 N–H and O–H groups in total. The topological polar surface area (TPSA) is 108 Å². The molecular weight excluding hydrogens is 462 g/mol. The number of hydrogen-bond donors (Lipinski definition) is 3. The lowest BCUT2D eigenvalue weighted by molar-refractivity contribution is -0.115. The highest BCUT2D eigenvalue weighted by Crippen LogP contribution is 2.29. The Labute approximate surface area is 206 Å². The SMILES string of the molecule is CCC(Sc1cccc(NC(=O)c2cccc3cccc(C(=O)O)c23)c1)C(=O)Nc1ccccn1. The first-order valence-electron chi connectivity index (χ1n) is 11.0. The molecule has 0 bridgehead atoms. The van der Waals surface area contributed by atoms with E-state index in [4.69, 9.17) is 0 Å². The van der Waals surface area contributed by atoms with Crippen LogP contribution in [-0.2, 0) is 4.79 Å². The summed E-state index contributed by atoms with van der Waals surface area (Å²) in [6.45, 7) is 1.93. The van der Waals surface area contributed by atoms with Gasteiger partial charge in [0.05, 0.1) is 10.8 Å². The largest absolute Gasteiger partial charge is 0.478 e. The Balaban J connectivity index is 1.52. The van der Waals surface area contributed by atoms with E-state index in [0.29, 0.717) is 28.7 Å². The Hall–Kier alpha value is -4.17. The second kappa shape index (κ2) is 10.8. The molecule has 0 fully saturated rings. The fraction of sp³-hybridized carbons (Fsp3) is 0.111. The summed E-state index contributed by atoms with van der Waals surface area (Å²) in [5, 5.41) is 16.0. The van der Waals surface area contributed by atoms with Gasteiger partial charge in [0.25, 0.3) is 5.91 Å². The number of carbonyl (C=O) groups is 3. The number of pyridine rings is 1. The van der Waals surface area contributed by atoms with Gasteiger partial charge in [0, 0.05) is 27.7 Å². The molecule has 4 rings (SSSR count). The van der Waals surface area contributed by atoms with E-state index in [1.807, 2.05) is 13.0 Å². The monoisotopic (exact) mass is 485 g/mol. The van der Waals surface area contributed by atoms with Gasteiger partial charge in [0.1, 0.15) is 5.82 Å². The Morgan fingerprint density at radius 1 is 0.914 bits per heavy atom. The number of carboxylic acid groups (broad SMARTS) is 1. The van der Waals surface area contributed by atoms with Gasteiger partial charge in [-0.15, -0.1) is 11.8 Å². The number of nitrogens with zero attached hydrogens (tertiary/aromatic N) is 1. The molecular formula is C27H23N3O4S. The van der Waals surface area contributed by atoms with Crippen LogP contribution in [0.4, 0.5) is 11.5 Å². The second-order valence-corrected chi connectivity index (χ2v) is 8.99. The number of aromatic nitrogens is 1. The lowest BCUT2D eigenvalue weighted by Gasteiger charge is -2.15. The lowest BCUT2D eigenvalue weighted by atomic mass is 9.98. The maximum Gasteiger partial charge on any atom is 0.336 e. The van der Waals surface area contributed by atoms with Gasteiger partial charge in [-0.2, -0.15) is 0 Å². The van der Waals surface area contributed by atoms with Crippen LogP contribution in [-0.4, -0.2) is 33.1 Å². The molecule has 0 aliphatic heterocycles. The Bertz CT molecular complexity index is 1390. The Morgan fingerprint density at radius 3 is 2.34 bits per heavy atom. The van der Waals surface area contributed by atoms with Crippen LogP contribution in [0.5, 0.6) is 0 Å². The Morgan fingerprint density at radius 2 is 1.66 bits per heavy atom. The number of nitrogens with one attached hydrogen (secondary N) is 2. The maximum absolute atomic E-state index is 13.1. The van der Waals surface area contributed by atoms with Crippen molar-refractivity contribution in [3.05, 3.63) is 96.2 Å². The van der Waals surface area contributed by atoms with Crippen LogP contribution in [0.1, 0.15) is 34.1 Å². The molecule has 1 heterocycles. The quantitative estimate of drug-likeness (QED) is 0.277. The summed E-state index contributed by atoms with van der Waals surface area (Å²) in [4.78, 5) is 42.5. The van der Waals surface area contributed by atoms with Gasteiger partial charge < -0.3 is 15.7 Å². The highest BCUT2D eigenvalue weighted by molar-refractivity contribution is 8.00. The minimum atomic E-state index is -1.09. The summed E-state index contributed by atoms with van der Waals surface area (Å²) in [6.07, 6.45) is 2.22. The minimum Gasteiger partial charge on any atom is -0.478 e. The number of carbonyl (C=O) groups excluding carboxylic acids is 2. The number of amides is 2. The molecule has 2 amide bonds. The van der Waals surface area contributed by atoms with Gasteiger partial charge >= 0.3 is 5.97 Å². The van der Waals surface area contributed by atoms with E-state index in [-0.39, 0.29) is 22.3 Å². The van der Waals surface area contributed by atoms with Crippen molar-refractivity contribution in [1.29, 1.82) is 0 Å². The number of anilines is 2. The fourth-order valence-corrected chi connectivity index (χ4v) is 4.70. The first-order valence-corrected chi connectivity index (χ1v) is 11.9. The summed E-state index contributed by atoms with van der Waals surface area (Å²) in [5.41, 5.74) is 0.895. The van der Waals surface area contributed by atoms with E-state index in [1.165, 1.54) is 17.8 Å². The van der Waals surface area contributed by atoms with Gasteiger partial charge in [0.15, 0.2) is 0 Å². The van der Waals surface area contributed by atoms with Crippen molar-refractivity contribution >= 4 is 51.8 Å². The molecule has 0 saturated heterocycles. The fourth-order valence-electron chi connectivity index (χ4n) is 3.68. The summed E-state index contributed by atoms with van der Waals surface area (Å²) in [5.74, 6) is -1.16. The van der Waals surface area contributed by atoms with Gasteiger partial charge in [-0.05, 0) is 54.3 Å². The zero-order valence-corrected chi connectivity index (χ0v) is 19.7. The number of aromatic carboxylic acids is 1. The number of thioether (sulfide) groups is 1. The average molecular weight is 486 g/mol. The summed E-state index contributed by atoms with van der Waals surface area (Å²) >= 11 is 1.39. The van der Waals surface area contributed by atoms with Crippen molar-refractivity contribution in [2.75, 3.05) is 10.6 Å². The van der Waals surface area contributed by atoms with Crippen molar-refractivity contribution in [2.45, 2.75) is 23.5 Å². The van der Waals surface area contributed by atoms with Crippen LogP contribution >= 0.6 is 11.8 Å². The van der Waals surface area contributed by atoms with E-state index >= 15 is 0 Å². The molecule has 0 saturated carbocycles. The molecule has 35 heavy (non-hydrogen) atoms. The van der Waals surface area contributed by atoms with E-state index in [0.717, 1.165) is 4.90 Å². The van der Waals surface area contributed by atoms with Crippen molar-refractivity contribution in [1.82, 2.24) is 4.98 Å². The molecule has 0 radical (unpaired) electrons. The van der Waals surface area contributed by atoms with Crippen molar-refractivity contribution in [3.8, 4) is 0 Å².